The van der Waals surface area contributed by atoms with Crippen molar-refractivity contribution in [1.82, 2.24) is 0 Å². The van der Waals surface area contributed by atoms with Crippen molar-refractivity contribution in [3.8, 4) is 44.5 Å². The van der Waals surface area contributed by atoms with Crippen molar-refractivity contribution in [2.24, 2.45) is 0 Å². The van der Waals surface area contributed by atoms with Gasteiger partial charge >= 0.3 is 0 Å². The fourth-order valence-electron chi connectivity index (χ4n) is 13.1. The number of aryl methyl sites for hydroxylation is 2. The van der Waals surface area contributed by atoms with Gasteiger partial charge < -0.3 is 14.2 Å². The first kappa shape index (κ1) is 47.3. The molecule has 1 aliphatic rings. The molecule has 0 saturated heterocycles. The average Bonchev–Trinajstić information content (AvgIpc) is 4.02. The predicted molar refractivity (Wildman–Crippen MR) is 339 cm³/mol. The first-order chi connectivity index (χ1) is 39.2. The van der Waals surface area contributed by atoms with E-state index in [1.54, 1.807) is 0 Å². The third-order valence-electron chi connectivity index (χ3n) is 17.1. The molecular formula is C77H56N2O. The molecule has 0 amide bonds. The molecule has 380 valence electrons. The van der Waals surface area contributed by atoms with Crippen LogP contribution in [0.2, 0.25) is 0 Å². The van der Waals surface area contributed by atoms with Crippen molar-refractivity contribution in [3.63, 3.8) is 0 Å². The minimum absolute atomic E-state index is 0.279. The zero-order chi connectivity index (χ0) is 53.6. The molecule has 0 aliphatic heterocycles. The van der Waals surface area contributed by atoms with Gasteiger partial charge in [-0.05, 0) is 210 Å². The Labute approximate surface area is 466 Å². The van der Waals surface area contributed by atoms with E-state index in [4.69, 9.17) is 4.42 Å². The molecule has 0 fully saturated rings. The lowest BCUT2D eigenvalue weighted by atomic mass is 9.82. The summed E-state index contributed by atoms with van der Waals surface area (Å²) in [6.45, 7) is 9.27. The van der Waals surface area contributed by atoms with E-state index in [0.29, 0.717) is 0 Å². The molecule has 1 aromatic heterocycles. The molecule has 3 heteroatoms. The molecule has 0 atom stereocenters. The second kappa shape index (κ2) is 18.6. The largest absolute Gasteiger partial charge is 0.456 e. The first-order valence-electron chi connectivity index (χ1n) is 27.8. The lowest BCUT2D eigenvalue weighted by molar-refractivity contribution is 0.660. The number of fused-ring (bicyclic) bond motifs is 12. The maximum atomic E-state index is 6.17. The lowest BCUT2D eigenvalue weighted by Gasteiger charge is -2.29. The van der Waals surface area contributed by atoms with Gasteiger partial charge in [0.25, 0.3) is 0 Å². The number of rotatable bonds is 9. The van der Waals surface area contributed by atoms with Crippen molar-refractivity contribution in [2.45, 2.75) is 33.1 Å². The van der Waals surface area contributed by atoms with Gasteiger partial charge in [0, 0.05) is 50.3 Å². The Morgan fingerprint density at radius 2 is 0.637 bits per heavy atom. The normalized spacial score (nSPS) is 12.6. The molecule has 15 rings (SSSR count). The van der Waals surface area contributed by atoms with Crippen molar-refractivity contribution in [1.29, 1.82) is 0 Å². The highest BCUT2D eigenvalue weighted by atomic mass is 16.3. The second-order valence-corrected chi connectivity index (χ2v) is 22.2. The van der Waals surface area contributed by atoms with Crippen molar-refractivity contribution in [3.05, 3.63) is 289 Å². The summed E-state index contributed by atoms with van der Waals surface area (Å²) in [7, 11) is 0. The van der Waals surface area contributed by atoms with Gasteiger partial charge in [-0.3, -0.25) is 0 Å². The van der Waals surface area contributed by atoms with Crippen molar-refractivity contribution in [2.75, 3.05) is 9.80 Å². The maximum absolute atomic E-state index is 6.17. The van der Waals surface area contributed by atoms with Crippen LogP contribution < -0.4 is 9.80 Å². The van der Waals surface area contributed by atoms with E-state index in [-0.39, 0.29) is 5.41 Å². The van der Waals surface area contributed by atoms with Crippen LogP contribution in [0.25, 0.3) is 98.8 Å². The van der Waals surface area contributed by atoms with Gasteiger partial charge in [0.1, 0.15) is 11.2 Å². The number of hydrogen-bond acceptors (Lipinski definition) is 3. The Balaban J connectivity index is 0.819. The molecule has 14 aromatic rings. The number of anilines is 6. The number of nitrogens with zero attached hydrogens (tertiary/aromatic N) is 2. The van der Waals surface area contributed by atoms with Gasteiger partial charge in [-0.15, -0.1) is 0 Å². The molecule has 0 radical (unpaired) electrons. The van der Waals surface area contributed by atoms with Crippen LogP contribution in [0, 0.1) is 13.8 Å². The Hall–Kier alpha value is -9.96. The van der Waals surface area contributed by atoms with Crippen LogP contribution in [0.1, 0.15) is 36.1 Å². The van der Waals surface area contributed by atoms with E-state index < -0.39 is 0 Å². The highest BCUT2D eigenvalue weighted by Crippen LogP contribution is 2.53. The molecule has 1 heterocycles. The Bertz CT molecular complexity index is 4690. The minimum atomic E-state index is -0.279. The smallest absolute Gasteiger partial charge is 0.135 e. The van der Waals surface area contributed by atoms with Crippen LogP contribution in [-0.2, 0) is 5.41 Å². The fraction of sp³-hybridized carbons (Fsp3) is 0.0649. The van der Waals surface area contributed by atoms with Crippen molar-refractivity contribution < 1.29 is 4.42 Å². The van der Waals surface area contributed by atoms with Crippen LogP contribution in [0.4, 0.5) is 34.1 Å². The van der Waals surface area contributed by atoms with Gasteiger partial charge in [-0.1, -0.05) is 184 Å². The topological polar surface area (TPSA) is 19.6 Å². The Morgan fingerprint density at radius 1 is 0.263 bits per heavy atom. The molecule has 0 bridgehead atoms. The van der Waals surface area contributed by atoms with Crippen LogP contribution in [0.15, 0.2) is 271 Å². The van der Waals surface area contributed by atoms with Crippen LogP contribution >= 0.6 is 0 Å². The zero-order valence-electron chi connectivity index (χ0n) is 45.2. The maximum Gasteiger partial charge on any atom is 0.135 e. The van der Waals surface area contributed by atoms with Gasteiger partial charge in [0.15, 0.2) is 0 Å². The Kier molecular flexibility index (Phi) is 11.0. The van der Waals surface area contributed by atoms with E-state index in [9.17, 15) is 0 Å². The molecule has 0 N–H and O–H groups in total. The zero-order valence-corrected chi connectivity index (χ0v) is 45.2. The standard InChI is InChI=1S/C77H56N2O/c1-49-43-52(54-31-42-76-72(46-54)70-25-15-16-26-75(70)80-76)29-37-61(49)62-39-34-58(44-50(62)2)79(57-32-27-51(28-33-57)53-30-38-67-65-23-12-11-21-63(65)64-22-13-14-24-66(64)71(67)45-53)60-36-41-69-68-40-35-59(47-73(68)77(3,4)74(69)48-60)78(55-17-7-5-8-18-55)56-19-9-6-10-20-56/h5-48H,1-4H3. The van der Waals surface area contributed by atoms with Crippen LogP contribution in [0.3, 0.4) is 0 Å². The van der Waals surface area contributed by atoms with E-state index >= 15 is 0 Å². The summed E-state index contributed by atoms with van der Waals surface area (Å²) < 4.78 is 6.17. The van der Waals surface area contributed by atoms with Gasteiger partial charge in [0.2, 0.25) is 0 Å². The molecule has 1 aliphatic carbocycles. The van der Waals surface area contributed by atoms with Gasteiger partial charge in [-0.25, -0.2) is 0 Å². The molecule has 3 nitrogen and oxygen atoms in total. The molecular weight excluding hydrogens is 969 g/mol. The molecule has 0 unspecified atom stereocenters. The molecule has 13 aromatic carbocycles. The molecule has 0 saturated carbocycles. The second-order valence-electron chi connectivity index (χ2n) is 22.2. The summed E-state index contributed by atoms with van der Waals surface area (Å²) in [6.07, 6.45) is 0. The monoisotopic (exact) mass is 1020 g/mol. The summed E-state index contributed by atoms with van der Waals surface area (Å²) in [5, 5.41) is 9.97. The fourth-order valence-corrected chi connectivity index (χ4v) is 13.1. The lowest BCUT2D eigenvalue weighted by Crippen LogP contribution is -2.17. The van der Waals surface area contributed by atoms with Crippen LogP contribution in [-0.4, -0.2) is 0 Å². The number of hydrogen-bond donors (Lipinski definition) is 0. The highest BCUT2D eigenvalue weighted by Gasteiger charge is 2.37. The highest BCUT2D eigenvalue weighted by molar-refractivity contribution is 6.25. The molecule has 0 spiro atoms. The molecule has 80 heavy (non-hydrogen) atoms. The quantitative estimate of drug-likeness (QED) is 0.134. The number of furan rings is 1. The van der Waals surface area contributed by atoms with Gasteiger partial charge in [0.05, 0.1) is 0 Å². The summed E-state index contributed by atoms with van der Waals surface area (Å²) in [5.41, 5.74) is 23.1. The van der Waals surface area contributed by atoms with E-state index in [0.717, 1.165) is 56.1 Å². The van der Waals surface area contributed by atoms with E-state index in [2.05, 4.69) is 292 Å². The number of benzene rings is 13. The summed E-state index contributed by atoms with van der Waals surface area (Å²) in [5.74, 6) is 0. The van der Waals surface area contributed by atoms with Crippen LogP contribution in [0.5, 0.6) is 0 Å². The average molecular weight is 1030 g/mol. The summed E-state index contributed by atoms with van der Waals surface area (Å²) >= 11 is 0. The summed E-state index contributed by atoms with van der Waals surface area (Å²) in [4.78, 5) is 4.81. The predicted octanol–water partition coefficient (Wildman–Crippen LogP) is 21.9. The first-order valence-corrected chi connectivity index (χ1v) is 27.8. The number of para-hydroxylation sites is 3. The van der Waals surface area contributed by atoms with E-state index in [1.807, 2.05) is 12.1 Å². The minimum Gasteiger partial charge on any atom is -0.456 e. The summed E-state index contributed by atoms with van der Waals surface area (Å²) in [6, 6.07) is 98.1. The third kappa shape index (κ3) is 7.72. The Morgan fingerprint density at radius 3 is 1.23 bits per heavy atom. The van der Waals surface area contributed by atoms with Gasteiger partial charge in [-0.2, -0.15) is 0 Å². The third-order valence-corrected chi connectivity index (χ3v) is 17.1. The SMILES string of the molecule is Cc1cc(-c2ccc3oc4ccccc4c3c2)ccc1-c1ccc(N(c2ccc(-c3ccc4c5ccccc5c5ccccc5c4c3)cc2)c2ccc3c(c2)C(C)(C)c2cc(N(c4ccccc4)c4ccccc4)ccc2-3)cc1C. The van der Waals surface area contributed by atoms with E-state index in [1.165, 1.54) is 99.1 Å². The van der Waals surface area contributed by atoms with Crippen molar-refractivity contribution >= 4 is 88.4 Å².